The maximum Gasteiger partial charge on any atom is 0.405 e. The summed E-state index contributed by atoms with van der Waals surface area (Å²) in [7, 11) is 0. The minimum absolute atomic E-state index is 0.0692. The number of ether oxygens (including phenoxy) is 1. The van der Waals surface area contributed by atoms with Crippen molar-refractivity contribution in [3.63, 3.8) is 0 Å². The summed E-state index contributed by atoms with van der Waals surface area (Å²) in [5, 5.41) is 5.75. The van der Waals surface area contributed by atoms with E-state index in [4.69, 9.17) is 27.9 Å². The zero-order chi connectivity index (χ0) is 27.0. The zero-order valence-electron chi connectivity index (χ0n) is 20.2. The molecule has 0 unspecified atom stereocenters. The number of carbonyl (C=O) groups is 2. The average molecular weight is 559 g/mol. The Morgan fingerprint density at radius 2 is 1.78 bits per heavy atom. The number of alkyl halides is 3. The minimum Gasteiger partial charge on any atom is -0.476 e. The van der Waals surface area contributed by atoms with Gasteiger partial charge in [0.1, 0.15) is 18.1 Å². The van der Waals surface area contributed by atoms with Crippen LogP contribution < -0.4 is 20.3 Å². The molecule has 0 aliphatic carbocycles. The quantitative estimate of drug-likeness (QED) is 0.490. The van der Waals surface area contributed by atoms with E-state index in [2.05, 4.69) is 15.2 Å². The number of carbonyl (C=O) groups excluding carboxylic acids is 2. The van der Waals surface area contributed by atoms with Gasteiger partial charge < -0.3 is 20.3 Å². The Kier molecular flexibility index (Phi) is 7.80. The molecule has 2 aromatic rings. The number of nitrogens with zero attached hydrogens (tertiary/aromatic N) is 2. The predicted molar refractivity (Wildman–Crippen MR) is 134 cm³/mol. The highest BCUT2D eigenvalue weighted by atomic mass is 35.5. The number of nitrogens with one attached hydrogen (secondary N) is 2. The van der Waals surface area contributed by atoms with Gasteiger partial charge in [0.2, 0.25) is 0 Å². The molecule has 4 rings (SSSR count). The lowest BCUT2D eigenvalue weighted by Gasteiger charge is -2.41. The Morgan fingerprint density at radius 3 is 2.41 bits per heavy atom. The topological polar surface area (TPSA) is 83.6 Å². The van der Waals surface area contributed by atoms with Gasteiger partial charge in [-0.3, -0.25) is 9.59 Å². The van der Waals surface area contributed by atoms with Crippen molar-refractivity contribution < 1.29 is 27.5 Å². The molecule has 37 heavy (non-hydrogen) atoms. The first-order chi connectivity index (χ1) is 17.3. The maximum absolute atomic E-state index is 13.1. The van der Waals surface area contributed by atoms with Crippen LogP contribution in [0.3, 0.4) is 0 Å². The van der Waals surface area contributed by atoms with Crippen LogP contribution in [0.1, 0.15) is 49.9 Å². The van der Waals surface area contributed by atoms with Gasteiger partial charge in [-0.25, -0.2) is 4.98 Å². The molecule has 1 aromatic heterocycles. The Morgan fingerprint density at radius 1 is 1.11 bits per heavy atom. The number of halogens is 5. The molecule has 200 valence electrons. The van der Waals surface area contributed by atoms with Crippen LogP contribution in [0.4, 0.5) is 19.0 Å². The highest BCUT2D eigenvalue weighted by Gasteiger charge is 2.43. The molecule has 3 atom stereocenters. The summed E-state index contributed by atoms with van der Waals surface area (Å²) in [5.74, 6) is -0.194. The lowest BCUT2D eigenvalue weighted by Crippen LogP contribution is -2.55. The SMILES string of the molecule is CC(C)(Oc1ccc(Cl)cc1Cl)C(=O)N[C@H]1C[C@H]2CC[C@@H](C1)N2c1cc(C(=O)NCC(F)(F)F)ccn1. The first-order valence-corrected chi connectivity index (χ1v) is 12.6. The highest BCUT2D eigenvalue weighted by Crippen LogP contribution is 2.39. The Hall–Kier alpha value is -2.72. The smallest absolute Gasteiger partial charge is 0.405 e. The third-order valence-corrected chi connectivity index (χ3v) is 7.13. The summed E-state index contributed by atoms with van der Waals surface area (Å²) in [5.41, 5.74) is -1.07. The zero-order valence-corrected chi connectivity index (χ0v) is 21.8. The molecular formula is C25H27Cl2F3N4O3. The van der Waals surface area contributed by atoms with Crippen molar-refractivity contribution in [2.24, 2.45) is 0 Å². The van der Waals surface area contributed by atoms with Gasteiger partial charge in [-0.05, 0) is 69.9 Å². The van der Waals surface area contributed by atoms with Crippen LogP contribution in [0.25, 0.3) is 0 Å². The van der Waals surface area contributed by atoms with E-state index < -0.39 is 24.2 Å². The van der Waals surface area contributed by atoms with Crippen LogP contribution in [0, 0.1) is 0 Å². The number of amides is 2. The van der Waals surface area contributed by atoms with E-state index >= 15 is 0 Å². The van der Waals surface area contributed by atoms with E-state index in [-0.39, 0.29) is 29.6 Å². The number of piperidine rings is 1. The number of rotatable bonds is 7. The Balaban J connectivity index is 1.39. The van der Waals surface area contributed by atoms with Gasteiger partial charge in [-0.15, -0.1) is 0 Å². The molecule has 2 aliphatic rings. The number of anilines is 1. The Labute approximate surface area is 222 Å². The summed E-state index contributed by atoms with van der Waals surface area (Å²) in [4.78, 5) is 31.8. The molecule has 0 spiro atoms. The van der Waals surface area contributed by atoms with Crippen LogP contribution in [0.15, 0.2) is 36.5 Å². The van der Waals surface area contributed by atoms with Gasteiger partial charge in [0.05, 0.1) is 5.02 Å². The summed E-state index contributed by atoms with van der Waals surface area (Å²) in [6.07, 6.45) is 0.00982. The predicted octanol–water partition coefficient (Wildman–Crippen LogP) is 5.15. The number of fused-ring (bicyclic) bond motifs is 2. The first kappa shape index (κ1) is 27.3. The summed E-state index contributed by atoms with van der Waals surface area (Å²) >= 11 is 12.1. The molecule has 2 N–H and O–H groups in total. The highest BCUT2D eigenvalue weighted by molar-refractivity contribution is 6.35. The Bertz CT molecular complexity index is 1160. The molecule has 2 saturated heterocycles. The molecular weight excluding hydrogens is 532 g/mol. The molecule has 3 heterocycles. The number of benzene rings is 1. The van der Waals surface area contributed by atoms with Crippen molar-refractivity contribution in [1.29, 1.82) is 0 Å². The standard InChI is InChI=1S/C25H27Cl2F3N4O3/c1-24(2,37-20-6-3-15(26)10-19(20)27)23(36)33-16-11-17-4-5-18(12-16)34(17)21-9-14(7-8-31-21)22(35)32-13-25(28,29)30/h3,6-10,16-18H,4-5,11-13H2,1-2H3,(H,32,35)(H,33,36)/t16-,17+,18-. The van der Waals surface area contributed by atoms with E-state index in [0.717, 1.165) is 12.8 Å². The van der Waals surface area contributed by atoms with Crippen molar-refractivity contribution in [3.05, 3.63) is 52.1 Å². The molecule has 2 fully saturated rings. The second-order valence-corrected chi connectivity index (χ2v) is 10.7. The van der Waals surface area contributed by atoms with Crippen LogP contribution >= 0.6 is 23.2 Å². The number of hydrogen-bond donors (Lipinski definition) is 2. The second-order valence-electron chi connectivity index (χ2n) is 9.82. The maximum atomic E-state index is 13.1. The van der Waals surface area contributed by atoms with E-state index in [1.165, 1.54) is 18.3 Å². The molecule has 7 nitrogen and oxygen atoms in total. The van der Waals surface area contributed by atoms with Crippen LogP contribution in [0.2, 0.25) is 10.0 Å². The third-order valence-electron chi connectivity index (χ3n) is 6.60. The second kappa shape index (κ2) is 10.6. The lowest BCUT2D eigenvalue weighted by molar-refractivity contribution is -0.135. The minimum atomic E-state index is -4.49. The van der Waals surface area contributed by atoms with Crippen molar-refractivity contribution in [3.8, 4) is 5.75 Å². The van der Waals surface area contributed by atoms with Gasteiger partial charge in [-0.1, -0.05) is 23.2 Å². The summed E-state index contributed by atoms with van der Waals surface area (Å²) < 4.78 is 43.3. The molecule has 12 heteroatoms. The molecule has 2 bridgehead atoms. The van der Waals surface area contributed by atoms with Crippen LogP contribution in [0.5, 0.6) is 5.75 Å². The van der Waals surface area contributed by atoms with Gasteiger partial charge in [0.15, 0.2) is 5.60 Å². The van der Waals surface area contributed by atoms with E-state index in [0.29, 0.717) is 34.5 Å². The van der Waals surface area contributed by atoms with Crippen LogP contribution in [-0.2, 0) is 4.79 Å². The fourth-order valence-corrected chi connectivity index (χ4v) is 5.34. The summed E-state index contributed by atoms with van der Waals surface area (Å²) in [6, 6.07) is 7.74. The van der Waals surface area contributed by atoms with Gasteiger partial charge in [0.25, 0.3) is 11.8 Å². The average Bonchev–Trinajstić information content (AvgIpc) is 3.09. The fourth-order valence-electron chi connectivity index (χ4n) is 4.89. The molecule has 2 aliphatic heterocycles. The van der Waals surface area contributed by atoms with Gasteiger partial charge in [-0.2, -0.15) is 13.2 Å². The lowest BCUT2D eigenvalue weighted by atomic mass is 9.96. The molecule has 1 aromatic carbocycles. The van der Waals surface area contributed by atoms with Crippen molar-refractivity contribution in [2.75, 3.05) is 11.4 Å². The van der Waals surface area contributed by atoms with Gasteiger partial charge >= 0.3 is 6.18 Å². The largest absolute Gasteiger partial charge is 0.476 e. The van der Waals surface area contributed by atoms with E-state index in [1.54, 1.807) is 32.0 Å². The van der Waals surface area contributed by atoms with E-state index in [1.807, 2.05) is 5.32 Å². The number of hydrogen-bond acceptors (Lipinski definition) is 5. The van der Waals surface area contributed by atoms with E-state index in [9.17, 15) is 22.8 Å². The number of pyridine rings is 1. The summed E-state index contributed by atoms with van der Waals surface area (Å²) in [6.45, 7) is 1.93. The molecule has 0 saturated carbocycles. The first-order valence-electron chi connectivity index (χ1n) is 11.9. The number of aromatic nitrogens is 1. The van der Waals surface area contributed by atoms with Gasteiger partial charge in [0, 0.05) is 34.9 Å². The fraction of sp³-hybridized carbons (Fsp3) is 0.480. The monoisotopic (exact) mass is 558 g/mol. The van der Waals surface area contributed by atoms with Crippen LogP contribution in [-0.4, -0.2) is 53.2 Å². The van der Waals surface area contributed by atoms with Crippen molar-refractivity contribution in [2.45, 2.75) is 69.4 Å². The van der Waals surface area contributed by atoms with Crippen molar-refractivity contribution in [1.82, 2.24) is 15.6 Å². The molecule has 2 amide bonds. The molecule has 0 radical (unpaired) electrons. The van der Waals surface area contributed by atoms with Crippen molar-refractivity contribution >= 4 is 40.8 Å². The normalized spacial score (nSPS) is 21.5. The third kappa shape index (κ3) is 6.59.